The first-order valence-electron chi connectivity index (χ1n) is 9.15. The number of carbonyl (C=O) groups is 2. The van der Waals surface area contributed by atoms with Crippen LogP contribution >= 0.6 is 0 Å². The molecule has 130 valence electrons. The van der Waals surface area contributed by atoms with E-state index in [4.69, 9.17) is 0 Å². The molecule has 3 rings (SSSR count). The summed E-state index contributed by atoms with van der Waals surface area (Å²) >= 11 is 0. The third-order valence-electron chi connectivity index (χ3n) is 5.44. The minimum Gasteiger partial charge on any atom is -0.353 e. The highest BCUT2D eigenvalue weighted by Gasteiger charge is 2.35. The lowest BCUT2D eigenvalue weighted by Gasteiger charge is -2.27. The molecule has 1 aliphatic carbocycles. The summed E-state index contributed by atoms with van der Waals surface area (Å²) < 4.78 is 0. The highest BCUT2D eigenvalue weighted by molar-refractivity contribution is 5.89. The van der Waals surface area contributed by atoms with Crippen molar-refractivity contribution in [2.45, 2.75) is 58.5 Å². The number of hydrogen-bond acceptors (Lipinski definition) is 2. The number of amides is 2. The Labute approximate surface area is 144 Å². The van der Waals surface area contributed by atoms with Crippen molar-refractivity contribution in [2.75, 3.05) is 6.54 Å². The van der Waals surface area contributed by atoms with E-state index < -0.39 is 0 Å². The van der Waals surface area contributed by atoms with Crippen molar-refractivity contribution in [3.8, 4) is 0 Å². The van der Waals surface area contributed by atoms with Crippen molar-refractivity contribution in [3.63, 3.8) is 0 Å². The third-order valence-corrected chi connectivity index (χ3v) is 5.44. The minimum absolute atomic E-state index is 0.0642. The average Bonchev–Trinajstić information content (AvgIpc) is 2.93. The Kier molecular flexibility index (Phi) is 5.22. The molecule has 2 aliphatic rings. The Bertz CT molecular complexity index is 588. The summed E-state index contributed by atoms with van der Waals surface area (Å²) in [4.78, 5) is 26.6. The summed E-state index contributed by atoms with van der Waals surface area (Å²) in [5.41, 5.74) is 2.34. The SMILES string of the molecule is Cc1ccc(CN2CC(C(=O)NC3CCC(C)CC3)CC2=O)cc1. The predicted molar refractivity (Wildman–Crippen MR) is 94.3 cm³/mol. The van der Waals surface area contributed by atoms with E-state index >= 15 is 0 Å². The Hall–Kier alpha value is -1.84. The number of nitrogens with one attached hydrogen (secondary N) is 1. The number of nitrogens with zero attached hydrogens (tertiary/aromatic N) is 1. The van der Waals surface area contributed by atoms with Gasteiger partial charge in [-0.1, -0.05) is 36.8 Å². The maximum atomic E-state index is 12.5. The van der Waals surface area contributed by atoms with Crippen molar-refractivity contribution in [3.05, 3.63) is 35.4 Å². The molecule has 0 aromatic heterocycles. The Balaban J connectivity index is 1.52. The van der Waals surface area contributed by atoms with Crippen LogP contribution in [0, 0.1) is 18.8 Å². The van der Waals surface area contributed by atoms with E-state index in [1.54, 1.807) is 0 Å². The van der Waals surface area contributed by atoms with Gasteiger partial charge in [-0.3, -0.25) is 9.59 Å². The molecule has 1 saturated heterocycles. The van der Waals surface area contributed by atoms with E-state index in [1.165, 1.54) is 18.4 Å². The van der Waals surface area contributed by atoms with Crippen molar-refractivity contribution >= 4 is 11.8 Å². The van der Waals surface area contributed by atoms with Crippen LogP contribution < -0.4 is 5.32 Å². The molecule has 24 heavy (non-hydrogen) atoms. The Morgan fingerprint density at radius 2 is 1.83 bits per heavy atom. The predicted octanol–water partition coefficient (Wildman–Crippen LogP) is 3.04. The van der Waals surface area contributed by atoms with E-state index in [9.17, 15) is 9.59 Å². The first-order chi connectivity index (χ1) is 11.5. The first-order valence-corrected chi connectivity index (χ1v) is 9.15. The van der Waals surface area contributed by atoms with Crippen LogP contribution in [-0.4, -0.2) is 29.3 Å². The van der Waals surface area contributed by atoms with Crippen LogP contribution in [0.1, 0.15) is 50.2 Å². The molecule has 4 nitrogen and oxygen atoms in total. The second kappa shape index (κ2) is 7.37. The summed E-state index contributed by atoms with van der Waals surface area (Å²) in [6.07, 6.45) is 4.87. The smallest absolute Gasteiger partial charge is 0.225 e. The molecule has 1 unspecified atom stereocenters. The van der Waals surface area contributed by atoms with Crippen molar-refractivity contribution < 1.29 is 9.59 Å². The molecule has 4 heteroatoms. The lowest BCUT2D eigenvalue weighted by molar-refractivity contribution is -0.129. The zero-order valence-electron chi connectivity index (χ0n) is 14.8. The van der Waals surface area contributed by atoms with Gasteiger partial charge in [-0.2, -0.15) is 0 Å². The van der Waals surface area contributed by atoms with Crippen LogP contribution in [0.3, 0.4) is 0 Å². The standard InChI is InChI=1S/C20H28N2O2/c1-14-3-7-16(8-4-14)12-22-13-17(11-19(22)23)20(24)21-18-9-5-15(2)6-10-18/h3-4,7-8,15,17-18H,5-6,9-13H2,1-2H3,(H,21,24). The van der Waals surface area contributed by atoms with E-state index in [1.807, 2.05) is 4.90 Å². The molecule has 1 aliphatic heterocycles. The summed E-state index contributed by atoms with van der Waals surface area (Å²) in [5, 5.41) is 3.18. The van der Waals surface area contributed by atoms with Gasteiger partial charge in [0.15, 0.2) is 0 Å². The number of aryl methyl sites for hydroxylation is 1. The topological polar surface area (TPSA) is 49.4 Å². The third kappa shape index (κ3) is 4.16. The van der Waals surface area contributed by atoms with Crippen LogP contribution in [0.15, 0.2) is 24.3 Å². The Morgan fingerprint density at radius 3 is 2.50 bits per heavy atom. The second-order valence-electron chi connectivity index (χ2n) is 7.63. The van der Waals surface area contributed by atoms with E-state index in [-0.39, 0.29) is 17.7 Å². The van der Waals surface area contributed by atoms with Gasteiger partial charge in [0.2, 0.25) is 11.8 Å². The van der Waals surface area contributed by atoms with Gasteiger partial charge in [-0.15, -0.1) is 0 Å². The normalized spacial score (nSPS) is 27.3. The summed E-state index contributed by atoms with van der Waals surface area (Å²) in [5.74, 6) is 0.737. The molecule has 1 N–H and O–H groups in total. The number of hydrogen-bond donors (Lipinski definition) is 1. The lowest BCUT2D eigenvalue weighted by atomic mass is 9.87. The van der Waals surface area contributed by atoms with Gasteiger partial charge in [-0.05, 0) is 44.1 Å². The molecule has 0 bridgehead atoms. The van der Waals surface area contributed by atoms with Crippen molar-refractivity contribution in [1.29, 1.82) is 0 Å². The fourth-order valence-electron chi connectivity index (χ4n) is 3.74. The highest BCUT2D eigenvalue weighted by Crippen LogP contribution is 2.25. The molecule has 1 atom stereocenters. The number of likely N-dealkylation sites (tertiary alicyclic amines) is 1. The van der Waals surface area contributed by atoms with Crippen LogP contribution in [0.5, 0.6) is 0 Å². The fourth-order valence-corrected chi connectivity index (χ4v) is 3.74. The van der Waals surface area contributed by atoms with Crippen LogP contribution in [-0.2, 0) is 16.1 Å². The minimum atomic E-state index is -0.192. The number of rotatable bonds is 4. The van der Waals surface area contributed by atoms with Gasteiger partial charge in [0.05, 0.1) is 5.92 Å². The van der Waals surface area contributed by atoms with Gasteiger partial charge >= 0.3 is 0 Å². The highest BCUT2D eigenvalue weighted by atomic mass is 16.2. The van der Waals surface area contributed by atoms with Gasteiger partial charge < -0.3 is 10.2 Å². The molecule has 1 aromatic rings. The lowest BCUT2D eigenvalue weighted by Crippen LogP contribution is -2.41. The van der Waals surface area contributed by atoms with E-state index in [2.05, 4.69) is 43.4 Å². The maximum Gasteiger partial charge on any atom is 0.225 e. The molecular formula is C20H28N2O2. The summed E-state index contributed by atoms with van der Waals surface area (Å²) in [6, 6.07) is 8.53. The summed E-state index contributed by atoms with van der Waals surface area (Å²) in [6.45, 7) is 5.47. The maximum absolute atomic E-state index is 12.5. The van der Waals surface area contributed by atoms with Crippen LogP contribution in [0.2, 0.25) is 0 Å². The van der Waals surface area contributed by atoms with Gasteiger partial charge in [0, 0.05) is 25.6 Å². The quantitative estimate of drug-likeness (QED) is 0.923. The molecule has 0 spiro atoms. The largest absolute Gasteiger partial charge is 0.353 e. The van der Waals surface area contributed by atoms with Crippen LogP contribution in [0.25, 0.3) is 0 Å². The molecule has 2 fully saturated rings. The monoisotopic (exact) mass is 328 g/mol. The number of carbonyl (C=O) groups excluding carboxylic acids is 2. The molecule has 1 aromatic carbocycles. The zero-order valence-corrected chi connectivity index (χ0v) is 14.8. The van der Waals surface area contributed by atoms with Gasteiger partial charge in [0.25, 0.3) is 0 Å². The average molecular weight is 328 g/mol. The van der Waals surface area contributed by atoms with Gasteiger partial charge in [-0.25, -0.2) is 0 Å². The van der Waals surface area contributed by atoms with Crippen molar-refractivity contribution in [2.24, 2.45) is 11.8 Å². The van der Waals surface area contributed by atoms with E-state index in [0.717, 1.165) is 24.3 Å². The molecule has 1 heterocycles. The first kappa shape index (κ1) is 17.0. The van der Waals surface area contributed by atoms with E-state index in [0.29, 0.717) is 25.6 Å². The van der Waals surface area contributed by atoms with Crippen molar-refractivity contribution in [1.82, 2.24) is 10.2 Å². The second-order valence-corrected chi connectivity index (χ2v) is 7.63. The number of benzene rings is 1. The fraction of sp³-hybridized carbons (Fsp3) is 0.600. The summed E-state index contributed by atoms with van der Waals surface area (Å²) in [7, 11) is 0. The molecule has 1 saturated carbocycles. The van der Waals surface area contributed by atoms with Crippen LogP contribution in [0.4, 0.5) is 0 Å². The molecular weight excluding hydrogens is 300 g/mol. The van der Waals surface area contributed by atoms with Gasteiger partial charge in [0.1, 0.15) is 0 Å². The molecule has 0 radical (unpaired) electrons. The molecule has 2 amide bonds. The Morgan fingerprint density at radius 1 is 1.17 bits per heavy atom. The zero-order chi connectivity index (χ0) is 17.1.